The summed E-state index contributed by atoms with van der Waals surface area (Å²) in [6.07, 6.45) is 10.4. The molecule has 0 aromatic rings. The van der Waals surface area contributed by atoms with Gasteiger partial charge in [-0.25, -0.2) is 0 Å². The van der Waals surface area contributed by atoms with E-state index in [0.717, 1.165) is 38.6 Å². The Morgan fingerprint density at radius 3 is 2.19 bits per heavy atom. The second kappa shape index (κ2) is 7.62. The lowest BCUT2D eigenvalue weighted by atomic mass is 9.77. The largest absolute Gasteiger partial charge is 0.353 e. The van der Waals surface area contributed by atoms with Gasteiger partial charge in [-0.1, -0.05) is 33.6 Å². The predicted molar refractivity (Wildman–Crippen MR) is 88.2 cm³/mol. The Balaban J connectivity index is 1.85. The summed E-state index contributed by atoms with van der Waals surface area (Å²) in [7, 11) is 0. The van der Waals surface area contributed by atoms with E-state index in [0.29, 0.717) is 23.9 Å². The Labute approximate surface area is 130 Å². The average molecular weight is 294 g/mol. The van der Waals surface area contributed by atoms with E-state index < -0.39 is 0 Å². The van der Waals surface area contributed by atoms with Crippen molar-refractivity contribution < 1.29 is 4.79 Å². The van der Waals surface area contributed by atoms with Crippen molar-refractivity contribution in [2.24, 2.45) is 11.3 Å². The number of hydrogen-bond acceptors (Lipinski definition) is 2. The first-order valence-corrected chi connectivity index (χ1v) is 9.10. The average Bonchev–Trinajstić information content (AvgIpc) is 2.90. The highest BCUT2D eigenvalue weighted by Crippen LogP contribution is 2.43. The van der Waals surface area contributed by atoms with E-state index in [4.69, 9.17) is 0 Å². The van der Waals surface area contributed by atoms with E-state index >= 15 is 0 Å². The maximum atomic E-state index is 12.9. The SMILES string of the molecule is CCNC1CCC(NC(=O)C2(CC(C)C)CCCC2)CC1. The van der Waals surface area contributed by atoms with Crippen molar-refractivity contribution in [3.8, 4) is 0 Å². The van der Waals surface area contributed by atoms with E-state index in [9.17, 15) is 4.79 Å². The Bertz CT molecular complexity index is 326. The molecule has 3 heteroatoms. The Hall–Kier alpha value is -0.570. The third-order valence-corrected chi connectivity index (χ3v) is 5.40. The Morgan fingerprint density at radius 1 is 1.10 bits per heavy atom. The van der Waals surface area contributed by atoms with Crippen LogP contribution in [-0.2, 0) is 4.79 Å². The minimum atomic E-state index is -0.0489. The van der Waals surface area contributed by atoms with E-state index in [1.54, 1.807) is 0 Å². The first-order chi connectivity index (χ1) is 10.1. The molecule has 0 spiro atoms. The predicted octanol–water partition coefficient (Wildman–Crippen LogP) is 3.63. The molecule has 0 unspecified atom stereocenters. The summed E-state index contributed by atoms with van der Waals surface area (Å²) in [6.45, 7) is 7.72. The molecule has 0 aromatic carbocycles. The van der Waals surface area contributed by atoms with Crippen molar-refractivity contribution in [1.82, 2.24) is 10.6 Å². The van der Waals surface area contributed by atoms with Crippen LogP contribution in [0.5, 0.6) is 0 Å². The lowest BCUT2D eigenvalue weighted by Crippen LogP contribution is -2.47. The molecule has 0 aliphatic heterocycles. The van der Waals surface area contributed by atoms with Gasteiger partial charge < -0.3 is 10.6 Å². The lowest BCUT2D eigenvalue weighted by Gasteiger charge is -2.34. The number of carbonyl (C=O) groups is 1. The highest BCUT2D eigenvalue weighted by Gasteiger charge is 2.42. The summed E-state index contributed by atoms with van der Waals surface area (Å²) < 4.78 is 0. The van der Waals surface area contributed by atoms with Crippen LogP contribution in [0.25, 0.3) is 0 Å². The molecule has 0 heterocycles. The topological polar surface area (TPSA) is 41.1 Å². The molecule has 1 amide bonds. The number of amides is 1. The molecular formula is C18H34N2O. The van der Waals surface area contributed by atoms with Gasteiger partial charge in [0.05, 0.1) is 0 Å². The molecule has 2 aliphatic carbocycles. The van der Waals surface area contributed by atoms with Crippen molar-refractivity contribution in [3.63, 3.8) is 0 Å². The van der Waals surface area contributed by atoms with Gasteiger partial charge in [0.15, 0.2) is 0 Å². The van der Waals surface area contributed by atoms with Crippen molar-refractivity contribution in [2.75, 3.05) is 6.54 Å². The van der Waals surface area contributed by atoms with Gasteiger partial charge in [0, 0.05) is 17.5 Å². The molecule has 2 N–H and O–H groups in total. The third kappa shape index (κ3) is 4.45. The molecule has 2 saturated carbocycles. The number of carbonyl (C=O) groups excluding carboxylic acids is 1. The fourth-order valence-electron chi connectivity index (χ4n) is 4.43. The van der Waals surface area contributed by atoms with Gasteiger partial charge in [-0.2, -0.15) is 0 Å². The standard InChI is InChI=1S/C18H34N2O/c1-4-19-15-7-9-16(10-8-15)20-17(21)18(13-14(2)3)11-5-6-12-18/h14-16,19H,4-13H2,1-3H3,(H,20,21). The number of nitrogens with one attached hydrogen (secondary N) is 2. The molecule has 122 valence electrons. The normalized spacial score (nSPS) is 28.8. The van der Waals surface area contributed by atoms with E-state index in [2.05, 4.69) is 31.4 Å². The van der Waals surface area contributed by atoms with Crippen LogP contribution in [-0.4, -0.2) is 24.5 Å². The van der Waals surface area contributed by atoms with E-state index in [-0.39, 0.29) is 5.41 Å². The fourth-order valence-corrected chi connectivity index (χ4v) is 4.43. The molecular weight excluding hydrogens is 260 g/mol. The second-order valence-corrected chi connectivity index (χ2v) is 7.67. The summed E-state index contributed by atoms with van der Waals surface area (Å²) in [5.41, 5.74) is -0.0489. The monoisotopic (exact) mass is 294 g/mol. The Morgan fingerprint density at radius 2 is 1.67 bits per heavy atom. The highest BCUT2D eigenvalue weighted by atomic mass is 16.2. The Kier molecular flexibility index (Phi) is 6.09. The molecule has 0 saturated heterocycles. The molecule has 2 fully saturated rings. The zero-order valence-corrected chi connectivity index (χ0v) is 14.2. The van der Waals surface area contributed by atoms with Crippen molar-refractivity contribution in [1.29, 1.82) is 0 Å². The van der Waals surface area contributed by atoms with Gasteiger partial charge in [-0.15, -0.1) is 0 Å². The van der Waals surface area contributed by atoms with Crippen LogP contribution in [0, 0.1) is 11.3 Å². The smallest absolute Gasteiger partial charge is 0.226 e. The lowest BCUT2D eigenvalue weighted by molar-refractivity contribution is -0.132. The molecule has 2 aliphatic rings. The minimum absolute atomic E-state index is 0.0489. The molecule has 0 atom stereocenters. The van der Waals surface area contributed by atoms with Crippen LogP contribution < -0.4 is 10.6 Å². The van der Waals surface area contributed by atoms with Crippen LogP contribution in [0.2, 0.25) is 0 Å². The second-order valence-electron chi connectivity index (χ2n) is 7.67. The summed E-state index contributed by atoms with van der Waals surface area (Å²) >= 11 is 0. The molecule has 2 rings (SSSR count). The van der Waals surface area contributed by atoms with Crippen molar-refractivity contribution >= 4 is 5.91 Å². The summed E-state index contributed by atoms with van der Waals surface area (Å²) in [4.78, 5) is 12.9. The van der Waals surface area contributed by atoms with Crippen LogP contribution in [0.15, 0.2) is 0 Å². The van der Waals surface area contributed by atoms with Gasteiger partial charge in [0.1, 0.15) is 0 Å². The quantitative estimate of drug-likeness (QED) is 0.785. The van der Waals surface area contributed by atoms with Gasteiger partial charge in [-0.3, -0.25) is 4.79 Å². The summed E-state index contributed by atoms with van der Waals surface area (Å²) in [5, 5.41) is 6.94. The maximum absolute atomic E-state index is 12.9. The fraction of sp³-hybridized carbons (Fsp3) is 0.944. The van der Waals surface area contributed by atoms with Crippen LogP contribution >= 0.6 is 0 Å². The molecule has 3 nitrogen and oxygen atoms in total. The van der Waals surface area contributed by atoms with Crippen molar-refractivity contribution in [3.05, 3.63) is 0 Å². The van der Waals surface area contributed by atoms with Crippen LogP contribution in [0.1, 0.15) is 78.6 Å². The first-order valence-electron chi connectivity index (χ1n) is 9.10. The third-order valence-electron chi connectivity index (χ3n) is 5.40. The molecule has 0 aromatic heterocycles. The van der Waals surface area contributed by atoms with Gasteiger partial charge in [0.2, 0.25) is 5.91 Å². The highest BCUT2D eigenvalue weighted by molar-refractivity contribution is 5.83. The molecule has 0 radical (unpaired) electrons. The first kappa shape index (κ1) is 16.8. The molecule has 0 bridgehead atoms. The van der Waals surface area contributed by atoms with E-state index in [1.807, 2.05) is 0 Å². The number of rotatable bonds is 6. The van der Waals surface area contributed by atoms with Crippen LogP contribution in [0.3, 0.4) is 0 Å². The summed E-state index contributed by atoms with van der Waals surface area (Å²) in [5.74, 6) is 0.971. The van der Waals surface area contributed by atoms with Crippen molar-refractivity contribution in [2.45, 2.75) is 90.6 Å². The van der Waals surface area contributed by atoms with Crippen LogP contribution in [0.4, 0.5) is 0 Å². The zero-order chi connectivity index (χ0) is 15.3. The zero-order valence-electron chi connectivity index (χ0n) is 14.2. The van der Waals surface area contributed by atoms with Gasteiger partial charge in [0.25, 0.3) is 0 Å². The van der Waals surface area contributed by atoms with Gasteiger partial charge in [-0.05, 0) is 57.4 Å². The van der Waals surface area contributed by atoms with Gasteiger partial charge >= 0.3 is 0 Å². The molecule has 21 heavy (non-hydrogen) atoms. The van der Waals surface area contributed by atoms with E-state index in [1.165, 1.54) is 25.7 Å². The maximum Gasteiger partial charge on any atom is 0.226 e. The number of hydrogen-bond donors (Lipinski definition) is 2. The minimum Gasteiger partial charge on any atom is -0.353 e. The summed E-state index contributed by atoms with van der Waals surface area (Å²) in [6, 6.07) is 1.08.